The molecule has 4 rings (SSSR count). The lowest BCUT2D eigenvalue weighted by Gasteiger charge is -2.32. The summed E-state index contributed by atoms with van der Waals surface area (Å²) in [5.74, 6) is -0.0376. The van der Waals surface area contributed by atoms with E-state index in [1.807, 2.05) is 47.4 Å². The van der Waals surface area contributed by atoms with E-state index in [2.05, 4.69) is 24.4 Å². The van der Waals surface area contributed by atoms with Crippen molar-refractivity contribution in [3.05, 3.63) is 71.3 Å². The molecule has 1 heterocycles. The number of carbonyl (C=O) groups is 2. The first-order valence-electron chi connectivity index (χ1n) is 11.9. The van der Waals surface area contributed by atoms with E-state index in [-0.39, 0.29) is 23.9 Å². The van der Waals surface area contributed by atoms with Crippen LogP contribution in [0.1, 0.15) is 85.8 Å². The Morgan fingerprint density at radius 3 is 2.35 bits per heavy atom. The van der Waals surface area contributed by atoms with Gasteiger partial charge in [-0.3, -0.25) is 9.59 Å². The highest BCUT2D eigenvalue weighted by Gasteiger charge is 2.43. The molecule has 1 saturated carbocycles. The monoisotopic (exact) mass is 418 g/mol. The SMILES string of the molecule is CC(CCc1ccccc1)N1C(=O)c2ccccc2C1C(=O)NC1CCCCCCC1. The second-order valence-corrected chi connectivity index (χ2v) is 9.13. The number of hydrogen-bond donors (Lipinski definition) is 1. The average molecular weight is 419 g/mol. The van der Waals surface area contributed by atoms with Crippen molar-refractivity contribution in [2.75, 3.05) is 0 Å². The maximum atomic E-state index is 13.5. The van der Waals surface area contributed by atoms with Crippen LogP contribution >= 0.6 is 0 Å². The first kappa shape index (κ1) is 21.6. The molecular formula is C27H34N2O2. The van der Waals surface area contributed by atoms with Crippen LogP contribution in [0, 0.1) is 0 Å². The van der Waals surface area contributed by atoms with Crippen molar-refractivity contribution in [2.45, 2.75) is 82.8 Å². The second kappa shape index (κ2) is 10.1. The lowest BCUT2D eigenvalue weighted by atomic mass is 9.96. The zero-order valence-electron chi connectivity index (χ0n) is 18.6. The van der Waals surface area contributed by atoms with Gasteiger partial charge >= 0.3 is 0 Å². The molecule has 1 N–H and O–H groups in total. The summed E-state index contributed by atoms with van der Waals surface area (Å²) in [5.41, 5.74) is 2.78. The number of carbonyl (C=O) groups excluding carboxylic acids is 2. The molecule has 0 saturated heterocycles. The van der Waals surface area contributed by atoms with E-state index in [1.54, 1.807) is 0 Å². The van der Waals surface area contributed by atoms with E-state index in [9.17, 15) is 9.59 Å². The summed E-state index contributed by atoms with van der Waals surface area (Å²) in [6.45, 7) is 2.07. The van der Waals surface area contributed by atoms with Gasteiger partial charge in [0.15, 0.2) is 0 Å². The van der Waals surface area contributed by atoms with Crippen molar-refractivity contribution < 1.29 is 9.59 Å². The fraction of sp³-hybridized carbons (Fsp3) is 0.481. The second-order valence-electron chi connectivity index (χ2n) is 9.13. The quantitative estimate of drug-likeness (QED) is 0.680. The van der Waals surface area contributed by atoms with Crippen molar-refractivity contribution in [3.8, 4) is 0 Å². The van der Waals surface area contributed by atoms with Crippen LogP contribution in [0.15, 0.2) is 54.6 Å². The minimum absolute atomic E-state index is 0.0181. The van der Waals surface area contributed by atoms with Crippen LogP contribution in [0.2, 0.25) is 0 Å². The Balaban J connectivity index is 1.51. The highest BCUT2D eigenvalue weighted by Crippen LogP contribution is 2.36. The summed E-state index contributed by atoms with van der Waals surface area (Å²) >= 11 is 0. The van der Waals surface area contributed by atoms with Crippen LogP contribution in [0.25, 0.3) is 0 Å². The van der Waals surface area contributed by atoms with Gasteiger partial charge in [0, 0.05) is 17.6 Å². The summed E-state index contributed by atoms with van der Waals surface area (Å²) in [4.78, 5) is 28.6. The van der Waals surface area contributed by atoms with E-state index < -0.39 is 6.04 Å². The lowest BCUT2D eigenvalue weighted by Crippen LogP contribution is -2.46. The van der Waals surface area contributed by atoms with Crippen molar-refractivity contribution >= 4 is 11.8 Å². The van der Waals surface area contributed by atoms with Gasteiger partial charge in [-0.2, -0.15) is 0 Å². The molecule has 4 nitrogen and oxygen atoms in total. The highest BCUT2D eigenvalue weighted by molar-refractivity contribution is 6.04. The van der Waals surface area contributed by atoms with E-state index in [0.29, 0.717) is 5.56 Å². The Labute approximate surface area is 186 Å². The Kier molecular flexibility index (Phi) is 7.06. The van der Waals surface area contributed by atoms with E-state index in [0.717, 1.165) is 31.2 Å². The minimum atomic E-state index is -0.528. The van der Waals surface area contributed by atoms with Gasteiger partial charge in [-0.25, -0.2) is 0 Å². The molecule has 1 fully saturated rings. The standard InChI is InChI=1S/C27H34N2O2/c1-20(18-19-21-12-6-5-7-13-21)29-25(23-16-10-11-17-24(23)27(29)31)26(30)28-22-14-8-3-2-4-9-15-22/h5-7,10-13,16-17,20,22,25H,2-4,8-9,14-15,18-19H2,1H3,(H,28,30). The fourth-order valence-electron chi connectivity index (χ4n) is 5.10. The largest absolute Gasteiger partial charge is 0.351 e. The summed E-state index contributed by atoms with van der Waals surface area (Å²) in [6, 6.07) is 17.6. The maximum absolute atomic E-state index is 13.5. The zero-order valence-corrected chi connectivity index (χ0v) is 18.6. The van der Waals surface area contributed by atoms with Gasteiger partial charge in [-0.1, -0.05) is 80.6 Å². The third-order valence-corrected chi connectivity index (χ3v) is 6.87. The summed E-state index contributed by atoms with van der Waals surface area (Å²) in [7, 11) is 0. The van der Waals surface area contributed by atoms with Gasteiger partial charge in [0.25, 0.3) is 5.91 Å². The number of amides is 2. The van der Waals surface area contributed by atoms with Crippen LogP contribution in [-0.4, -0.2) is 28.8 Å². The van der Waals surface area contributed by atoms with Crippen molar-refractivity contribution in [1.29, 1.82) is 0 Å². The van der Waals surface area contributed by atoms with Gasteiger partial charge in [0.2, 0.25) is 5.91 Å². The predicted octanol–water partition coefficient (Wildman–Crippen LogP) is 5.43. The van der Waals surface area contributed by atoms with E-state index >= 15 is 0 Å². The normalized spacial score (nSPS) is 20.6. The number of aryl methyl sites for hydroxylation is 1. The summed E-state index contributed by atoms with van der Waals surface area (Å²) in [6.07, 6.45) is 9.94. The Bertz CT molecular complexity index is 887. The lowest BCUT2D eigenvalue weighted by molar-refractivity contribution is -0.127. The Hall–Kier alpha value is -2.62. The molecular weight excluding hydrogens is 384 g/mol. The number of fused-ring (bicyclic) bond motifs is 1. The highest BCUT2D eigenvalue weighted by atomic mass is 16.2. The molecule has 31 heavy (non-hydrogen) atoms. The van der Waals surface area contributed by atoms with Crippen molar-refractivity contribution in [2.24, 2.45) is 0 Å². The third-order valence-electron chi connectivity index (χ3n) is 6.87. The molecule has 1 aliphatic carbocycles. The van der Waals surface area contributed by atoms with Crippen LogP contribution < -0.4 is 5.32 Å². The number of benzene rings is 2. The molecule has 164 valence electrons. The molecule has 2 aromatic carbocycles. The molecule has 2 unspecified atom stereocenters. The molecule has 2 amide bonds. The van der Waals surface area contributed by atoms with Gasteiger partial charge in [-0.05, 0) is 49.8 Å². The molecule has 0 radical (unpaired) electrons. The topological polar surface area (TPSA) is 49.4 Å². The summed E-state index contributed by atoms with van der Waals surface area (Å²) in [5, 5.41) is 3.32. The summed E-state index contributed by atoms with van der Waals surface area (Å²) < 4.78 is 0. The molecule has 0 spiro atoms. The molecule has 0 aromatic heterocycles. The van der Waals surface area contributed by atoms with E-state index in [1.165, 1.54) is 37.7 Å². The minimum Gasteiger partial charge on any atom is -0.351 e. The number of nitrogens with zero attached hydrogens (tertiary/aromatic N) is 1. The van der Waals surface area contributed by atoms with Crippen LogP contribution in [0.5, 0.6) is 0 Å². The average Bonchev–Trinajstić information content (AvgIpc) is 3.07. The molecule has 1 aliphatic heterocycles. The predicted molar refractivity (Wildman–Crippen MR) is 124 cm³/mol. The first-order valence-corrected chi connectivity index (χ1v) is 11.9. The van der Waals surface area contributed by atoms with Gasteiger partial charge < -0.3 is 10.2 Å². The van der Waals surface area contributed by atoms with Gasteiger partial charge in [0.05, 0.1) is 0 Å². The van der Waals surface area contributed by atoms with E-state index in [4.69, 9.17) is 0 Å². The molecule has 2 aromatic rings. The molecule has 2 aliphatic rings. The third kappa shape index (κ3) is 5.00. The maximum Gasteiger partial charge on any atom is 0.255 e. The fourth-order valence-corrected chi connectivity index (χ4v) is 5.10. The molecule has 2 atom stereocenters. The van der Waals surface area contributed by atoms with Crippen LogP contribution in [0.3, 0.4) is 0 Å². The Morgan fingerprint density at radius 2 is 1.61 bits per heavy atom. The van der Waals surface area contributed by atoms with Gasteiger partial charge in [-0.15, -0.1) is 0 Å². The van der Waals surface area contributed by atoms with Crippen molar-refractivity contribution in [1.82, 2.24) is 10.2 Å². The van der Waals surface area contributed by atoms with Gasteiger partial charge in [0.1, 0.15) is 6.04 Å². The number of hydrogen-bond acceptors (Lipinski definition) is 2. The van der Waals surface area contributed by atoms with Crippen molar-refractivity contribution in [3.63, 3.8) is 0 Å². The zero-order chi connectivity index (χ0) is 21.6. The first-order chi connectivity index (χ1) is 15.1. The number of nitrogens with one attached hydrogen (secondary N) is 1. The smallest absolute Gasteiger partial charge is 0.255 e. The molecule has 4 heteroatoms. The molecule has 0 bridgehead atoms. The number of rotatable bonds is 6. The Morgan fingerprint density at radius 1 is 0.968 bits per heavy atom. The van der Waals surface area contributed by atoms with Crippen LogP contribution in [0.4, 0.5) is 0 Å². The van der Waals surface area contributed by atoms with Crippen LogP contribution in [-0.2, 0) is 11.2 Å².